The highest BCUT2D eigenvalue weighted by molar-refractivity contribution is 6.04. The predicted molar refractivity (Wildman–Crippen MR) is 72.7 cm³/mol. The molecular weight excluding hydrogens is 240 g/mol. The molecule has 0 aliphatic carbocycles. The largest absolute Gasteiger partial charge is 0.367 e. The second kappa shape index (κ2) is 4.61. The molecule has 0 radical (unpaired) electrons. The molecule has 0 saturated heterocycles. The quantitative estimate of drug-likeness (QED) is 0.749. The third-order valence-corrected chi connectivity index (χ3v) is 3.09. The lowest BCUT2D eigenvalue weighted by molar-refractivity contribution is 0.0947. The van der Waals surface area contributed by atoms with Gasteiger partial charge >= 0.3 is 0 Å². The van der Waals surface area contributed by atoms with Crippen LogP contribution in [0.5, 0.6) is 0 Å². The first-order valence-corrected chi connectivity index (χ1v) is 6.07. The van der Waals surface area contributed by atoms with E-state index in [1.807, 2.05) is 49.8 Å². The zero-order chi connectivity index (χ0) is 13.2. The average molecular weight is 254 g/mol. The SMILES string of the molecule is Cn1nc(C(=O)NCc2cc[nH]c2)c2ccccc21. The van der Waals surface area contributed by atoms with Crippen molar-refractivity contribution in [1.82, 2.24) is 20.1 Å². The molecule has 5 nitrogen and oxygen atoms in total. The molecule has 0 fully saturated rings. The van der Waals surface area contributed by atoms with Crippen LogP contribution < -0.4 is 5.32 Å². The molecule has 0 aliphatic rings. The molecule has 1 amide bonds. The van der Waals surface area contributed by atoms with Crippen molar-refractivity contribution in [2.24, 2.45) is 7.05 Å². The van der Waals surface area contributed by atoms with Crippen LogP contribution in [-0.4, -0.2) is 20.7 Å². The lowest BCUT2D eigenvalue weighted by Crippen LogP contribution is -2.23. The molecular formula is C14H14N4O. The zero-order valence-corrected chi connectivity index (χ0v) is 10.6. The minimum Gasteiger partial charge on any atom is -0.367 e. The van der Waals surface area contributed by atoms with E-state index in [-0.39, 0.29) is 5.91 Å². The van der Waals surface area contributed by atoms with Crippen molar-refractivity contribution >= 4 is 16.8 Å². The summed E-state index contributed by atoms with van der Waals surface area (Å²) in [7, 11) is 1.84. The van der Waals surface area contributed by atoms with Crippen LogP contribution in [0.3, 0.4) is 0 Å². The highest BCUT2D eigenvalue weighted by Gasteiger charge is 2.15. The number of para-hydroxylation sites is 1. The van der Waals surface area contributed by atoms with Crippen molar-refractivity contribution in [3.05, 3.63) is 54.0 Å². The summed E-state index contributed by atoms with van der Waals surface area (Å²) in [6.07, 6.45) is 3.69. The monoisotopic (exact) mass is 254 g/mol. The molecule has 0 saturated carbocycles. The van der Waals surface area contributed by atoms with Crippen LogP contribution >= 0.6 is 0 Å². The van der Waals surface area contributed by atoms with Crippen molar-refractivity contribution in [3.63, 3.8) is 0 Å². The number of carbonyl (C=O) groups excluding carboxylic acids is 1. The van der Waals surface area contributed by atoms with Gasteiger partial charge in [-0.2, -0.15) is 5.10 Å². The Bertz CT molecular complexity index is 712. The van der Waals surface area contributed by atoms with Gasteiger partial charge in [-0.25, -0.2) is 0 Å². The number of amides is 1. The van der Waals surface area contributed by atoms with Gasteiger partial charge in [0.25, 0.3) is 5.91 Å². The molecule has 0 spiro atoms. The molecule has 5 heteroatoms. The van der Waals surface area contributed by atoms with Gasteiger partial charge in [0.15, 0.2) is 5.69 Å². The number of benzene rings is 1. The Kier molecular flexibility index (Phi) is 2.79. The fourth-order valence-corrected chi connectivity index (χ4v) is 2.12. The van der Waals surface area contributed by atoms with E-state index >= 15 is 0 Å². The predicted octanol–water partition coefficient (Wildman–Crippen LogP) is 1.83. The maximum Gasteiger partial charge on any atom is 0.272 e. The molecule has 0 unspecified atom stereocenters. The van der Waals surface area contributed by atoms with E-state index < -0.39 is 0 Å². The third-order valence-electron chi connectivity index (χ3n) is 3.09. The van der Waals surface area contributed by atoms with Gasteiger partial charge in [0.1, 0.15) is 0 Å². The van der Waals surface area contributed by atoms with Crippen LogP contribution in [0.15, 0.2) is 42.7 Å². The van der Waals surface area contributed by atoms with Gasteiger partial charge in [-0.05, 0) is 17.7 Å². The van der Waals surface area contributed by atoms with E-state index in [0.717, 1.165) is 16.5 Å². The lowest BCUT2D eigenvalue weighted by atomic mass is 10.2. The standard InChI is InChI=1S/C14H14N4O/c1-18-12-5-3-2-4-11(12)13(17-18)14(19)16-9-10-6-7-15-8-10/h2-8,15H,9H2,1H3,(H,16,19). The number of aromatic nitrogens is 3. The first kappa shape index (κ1) is 11.5. The number of aryl methyl sites for hydroxylation is 1. The second-order valence-electron chi connectivity index (χ2n) is 4.39. The van der Waals surface area contributed by atoms with Crippen LogP contribution in [0, 0.1) is 0 Å². The van der Waals surface area contributed by atoms with Gasteiger partial charge in [-0.15, -0.1) is 0 Å². The summed E-state index contributed by atoms with van der Waals surface area (Å²) in [5.41, 5.74) is 2.46. The van der Waals surface area contributed by atoms with Gasteiger partial charge in [-0.1, -0.05) is 18.2 Å². The van der Waals surface area contributed by atoms with Crippen LogP contribution in [0.2, 0.25) is 0 Å². The maximum absolute atomic E-state index is 12.2. The minimum atomic E-state index is -0.155. The second-order valence-corrected chi connectivity index (χ2v) is 4.39. The molecule has 3 rings (SSSR count). The van der Waals surface area contributed by atoms with Gasteiger partial charge in [0.05, 0.1) is 5.52 Å². The molecule has 2 aromatic heterocycles. The Labute approximate surface area is 110 Å². The van der Waals surface area contributed by atoms with E-state index in [1.165, 1.54) is 0 Å². The highest BCUT2D eigenvalue weighted by Crippen LogP contribution is 2.17. The van der Waals surface area contributed by atoms with E-state index in [4.69, 9.17) is 0 Å². The topological polar surface area (TPSA) is 62.7 Å². The van der Waals surface area contributed by atoms with Gasteiger partial charge in [0.2, 0.25) is 0 Å². The van der Waals surface area contributed by atoms with Crippen LogP contribution in [0.4, 0.5) is 0 Å². The minimum absolute atomic E-state index is 0.155. The summed E-state index contributed by atoms with van der Waals surface area (Å²) in [4.78, 5) is 15.1. The number of nitrogens with zero attached hydrogens (tertiary/aromatic N) is 2. The summed E-state index contributed by atoms with van der Waals surface area (Å²) in [5, 5.41) is 8.03. The summed E-state index contributed by atoms with van der Waals surface area (Å²) < 4.78 is 1.72. The number of fused-ring (bicyclic) bond motifs is 1. The van der Waals surface area contributed by atoms with Crippen molar-refractivity contribution < 1.29 is 4.79 Å². The van der Waals surface area contributed by atoms with Crippen molar-refractivity contribution in [2.75, 3.05) is 0 Å². The van der Waals surface area contributed by atoms with Gasteiger partial charge in [-0.3, -0.25) is 9.48 Å². The smallest absolute Gasteiger partial charge is 0.272 e. The Morgan fingerprint density at radius 3 is 3.00 bits per heavy atom. The summed E-state index contributed by atoms with van der Waals surface area (Å²) >= 11 is 0. The molecule has 96 valence electrons. The molecule has 0 bridgehead atoms. The number of hydrogen-bond donors (Lipinski definition) is 2. The maximum atomic E-state index is 12.2. The number of aromatic amines is 1. The molecule has 19 heavy (non-hydrogen) atoms. The Morgan fingerprint density at radius 1 is 1.37 bits per heavy atom. The van der Waals surface area contributed by atoms with Crippen molar-refractivity contribution in [2.45, 2.75) is 6.54 Å². The van der Waals surface area contributed by atoms with Crippen LogP contribution in [-0.2, 0) is 13.6 Å². The summed E-state index contributed by atoms with van der Waals surface area (Å²) in [6.45, 7) is 0.493. The first-order valence-electron chi connectivity index (χ1n) is 6.07. The number of nitrogens with one attached hydrogen (secondary N) is 2. The highest BCUT2D eigenvalue weighted by atomic mass is 16.1. The molecule has 2 N–H and O–H groups in total. The fourth-order valence-electron chi connectivity index (χ4n) is 2.12. The fraction of sp³-hybridized carbons (Fsp3) is 0.143. The first-order chi connectivity index (χ1) is 9.25. The average Bonchev–Trinajstić information content (AvgIpc) is 3.05. The summed E-state index contributed by atoms with van der Waals surface area (Å²) in [5.74, 6) is -0.155. The zero-order valence-electron chi connectivity index (χ0n) is 10.6. The normalized spacial score (nSPS) is 10.8. The number of H-pyrrole nitrogens is 1. The van der Waals surface area contributed by atoms with Gasteiger partial charge in [0, 0.05) is 31.4 Å². The summed E-state index contributed by atoms with van der Waals surface area (Å²) in [6, 6.07) is 9.63. The van der Waals surface area contributed by atoms with E-state index in [1.54, 1.807) is 4.68 Å². The van der Waals surface area contributed by atoms with E-state index in [9.17, 15) is 4.79 Å². The van der Waals surface area contributed by atoms with E-state index in [2.05, 4.69) is 15.4 Å². The number of carbonyl (C=O) groups is 1. The third kappa shape index (κ3) is 2.10. The van der Waals surface area contributed by atoms with Gasteiger partial charge < -0.3 is 10.3 Å². The molecule has 1 aromatic carbocycles. The lowest BCUT2D eigenvalue weighted by Gasteiger charge is -2.01. The molecule has 2 heterocycles. The Hall–Kier alpha value is -2.56. The van der Waals surface area contributed by atoms with Crippen molar-refractivity contribution in [3.8, 4) is 0 Å². The van der Waals surface area contributed by atoms with Crippen LogP contribution in [0.1, 0.15) is 16.1 Å². The number of hydrogen-bond acceptors (Lipinski definition) is 2. The van der Waals surface area contributed by atoms with E-state index in [0.29, 0.717) is 12.2 Å². The molecule has 0 aliphatic heterocycles. The van der Waals surface area contributed by atoms with Crippen LogP contribution in [0.25, 0.3) is 10.9 Å². The Balaban J connectivity index is 1.85. The van der Waals surface area contributed by atoms with Crippen molar-refractivity contribution in [1.29, 1.82) is 0 Å². The number of rotatable bonds is 3. The molecule has 0 atom stereocenters. The Morgan fingerprint density at radius 2 is 2.21 bits per heavy atom. The molecule has 3 aromatic rings.